The van der Waals surface area contributed by atoms with Crippen LogP contribution in [0, 0.1) is 0 Å². The van der Waals surface area contributed by atoms with Gasteiger partial charge in [0.15, 0.2) is 12.3 Å². The van der Waals surface area contributed by atoms with Gasteiger partial charge in [0.05, 0.1) is 5.56 Å². The molecule has 0 fully saturated rings. The number of hydrogen-bond donors (Lipinski definition) is 0. The molecule has 0 aliphatic carbocycles. The summed E-state index contributed by atoms with van der Waals surface area (Å²) in [6, 6.07) is 7.30. The van der Waals surface area contributed by atoms with Gasteiger partial charge in [0, 0.05) is 11.1 Å². The van der Waals surface area contributed by atoms with E-state index in [0.717, 1.165) is 28.7 Å². The van der Waals surface area contributed by atoms with Crippen LogP contribution in [0.2, 0.25) is 0 Å². The average molecular weight is 448 g/mol. The number of benzene rings is 1. The zero-order chi connectivity index (χ0) is 22.1. The second kappa shape index (κ2) is 8.21. The van der Waals surface area contributed by atoms with Crippen LogP contribution >= 0.6 is 11.8 Å². The van der Waals surface area contributed by atoms with Gasteiger partial charge >= 0.3 is 12.4 Å². The van der Waals surface area contributed by atoms with Crippen LogP contribution in [-0.2, 0) is 6.18 Å². The van der Waals surface area contributed by atoms with Crippen LogP contribution in [0.15, 0.2) is 52.3 Å². The van der Waals surface area contributed by atoms with E-state index in [9.17, 15) is 31.1 Å². The largest absolute Gasteiger partial charge is 0.484 e. The molecule has 160 valence electrons. The van der Waals surface area contributed by atoms with Crippen LogP contribution in [0.1, 0.15) is 12.6 Å². The molecule has 0 amide bonds. The number of pyridine rings is 1. The van der Waals surface area contributed by atoms with Crippen molar-refractivity contribution in [3.63, 3.8) is 0 Å². The van der Waals surface area contributed by atoms with Crippen molar-refractivity contribution in [2.24, 2.45) is 0 Å². The number of hydrogen-bond acceptors (Lipinski definition) is 4. The second-order valence-electron chi connectivity index (χ2n) is 6.09. The molecular weight excluding hydrogens is 434 g/mol. The molecule has 0 saturated carbocycles. The molecule has 3 aromatic rings. The predicted molar refractivity (Wildman–Crippen MR) is 99.8 cm³/mol. The number of fused-ring (bicyclic) bond motifs is 1. The summed E-state index contributed by atoms with van der Waals surface area (Å²) in [4.78, 5) is 17.2. The number of ether oxygens (including phenoxy) is 1. The molecular formula is C19H14F6N2O2S. The minimum Gasteiger partial charge on any atom is -0.484 e. The first-order valence-corrected chi connectivity index (χ1v) is 9.54. The van der Waals surface area contributed by atoms with Crippen LogP contribution < -0.4 is 10.3 Å². The van der Waals surface area contributed by atoms with E-state index in [-0.39, 0.29) is 17.0 Å². The van der Waals surface area contributed by atoms with Crippen LogP contribution in [-0.4, -0.2) is 27.9 Å². The lowest BCUT2D eigenvalue weighted by atomic mass is 10.0. The van der Waals surface area contributed by atoms with E-state index in [4.69, 9.17) is 0 Å². The number of aromatic nitrogens is 2. The Morgan fingerprint density at radius 1 is 1.07 bits per heavy atom. The van der Waals surface area contributed by atoms with Gasteiger partial charge in [-0.3, -0.25) is 9.20 Å². The molecule has 0 aliphatic heterocycles. The highest BCUT2D eigenvalue weighted by Crippen LogP contribution is 2.35. The van der Waals surface area contributed by atoms with Crippen LogP contribution in [0.3, 0.4) is 0 Å². The van der Waals surface area contributed by atoms with Crippen LogP contribution in [0.5, 0.6) is 5.75 Å². The highest BCUT2D eigenvalue weighted by atomic mass is 32.2. The molecule has 30 heavy (non-hydrogen) atoms. The predicted octanol–water partition coefficient (Wildman–Crippen LogP) is 5.43. The topological polar surface area (TPSA) is 43.6 Å². The van der Waals surface area contributed by atoms with Gasteiger partial charge in [0.25, 0.3) is 5.56 Å². The van der Waals surface area contributed by atoms with Crippen molar-refractivity contribution in [3.8, 4) is 16.9 Å². The zero-order valence-electron chi connectivity index (χ0n) is 15.3. The normalized spacial score (nSPS) is 12.4. The van der Waals surface area contributed by atoms with E-state index >= 15 is 0 Å². The lowest BCUT2D eigenvalue weighted by molar-refractivity contribution is -0.153. The average Bonchev–Trinajstić information content (AvgIpc) is 2.66. The summed E-state index contributed by atoms with van der Waals surface area (Å²) in [6.45, 7) is 0.333. The van der Waals surface area contributed by atoms with Crippen LogP contribution in [0.25, 0.3) is 16.8 Å². The Morgan fingerprint density at radius 3 is 2.30 bits per heavy atom. The summed E-state index contributed by atoms with van der Waals surface area (Å²) >= 11 is 1.39. The maximum atomic E-state index is 13.7. The summed E-state index contributed by atoms with van der Waals surface area (Å²) in [7, 11) is 0. The fraction of sp³-hybridized carbons (Fsp3) is 0.263. The Labute approximate surface area is 170 Å². The molecule has 3 rings (SSSR count). The van der Waals surface area contributed by atoms with Gasteiger partial charge in [0.2, 0.25) is 0 Å². The smallest absolute Gasteiger partial charge is 0.434 e. The van der Waals surface area contributed by atoms with Crippen molar-refractivity contribution in [3.05, 3.63) is 58.6 Å². The number of nitrogens with zero attached hydrogens (tertiary/aromatic N) is 2. The van der Waals surface area contributed by atoms with E-state index in [1.54, 1.807) is 6.07 Å². The molecule has 0 aliphatic rings. The molecule has 0 radical (unpaired) electrons. The van der Waals surface area contributed by atoms with E-state index in [1.165, 1.54) is 24.0 Å². The highest BCUT2D eigenvalue weighted by molar-refractivity contribution is 7.99. The quantitative estimate of drug-likeness (QED) is 0.386. The monoisotopic (exact) mass is 448 g/mol. The molecule has 2 aromatic heterocycles. The Kier molecular flexibility index (Phi) is 6.02. The molecule has 2 heterocycles. The molecule has 0 spiro atoms. The third-order valence-corrected chi connectivity index (χ3v) is 4.80. The third kappa shape index (κ3) is 4.89. The fourth-order valence-corrected chi connectivity index (χ4v) is 3.40. The van der Waals surface area contributed by atoms with Gasteiger partial charge in [0.1, 0.15) is 11.4 Å². The van der Waals surface area contributed by atoms with Crippen molar-refractivity contribution in [1.82, 2.24) is 9.38 Å². The van der Waals surface area contributed by atoms with Gasteiger partial charge in [-0.25, -0.2) is 4.98 Å². The fourth-order valence-electron chi connectivity index (χ4n) is 2.72. The SMILES string of the molecule is CCSc1ccn2c(=O)c(-c3ccc(OCC(F)(F)F)cc3)c(C(F)(F)F)nc2c1. The van der Waals surface area contributed by atoms with Crippen molar-refractivity contribution in [2.75, 3.05) is 12.4 Å². The second-order valence-corrected chi connectivity index (χ2v) is 7.43. The minimum atomic E-state index is -4.91. The first-order chi connectivity index (χ1) is 14.0. The number of alkyl halides is 6. The Balaban J connectivity index is 2.11. The molecule has 11 heteroatoms. The molecule has 0 bridgehead atoms. The van der Waals surface area contributed by atoms with Crippen molar-refractivity contribution >= 4 is 17.4 Å². The molecule has 0 unspecified atom stereocenters. The minimum absolute atomic E-state index is 0.138. The van der Waals surface area contributed by atoms with Gasteiger partial charge < -0.3 is 4.74 Å². The van der Waals surface area contributed by atoms with Gasteiger partial charge in [-0.15, -0.1) is 11.8 Å². The summed E-state index contributed by atoms with van der Waals surface area (Å²) in [6.07, 6.45) is -8.13. The first-order valence-electron chi connectivity index (χ1n) is 8.56. The van der Waals surface area contributed by atoms with Crippen LogP contribution in [0.4, 0.5) is 26.3 Å². The van der Waals surface area contributed by atoms with E-state index in [2.05, 4.69) is 9.72 Å². The zero-order valence-corrected chi connectivity index (χ0v) is 16.2. The van der Waals surface area contributed by atoms with Gasteiger partial charge in [-0.05, 0) is 35.6 Å². The lowest BCUT2D eigenvalue weighted by Gasteiger charge is -2.14. The van der Waals surface area contributed by atoms with E-state index in [0.29, 0.717) is 10.6 Å². The molecule has 0 N–H and O–H groups in total. The standard InChI is InChI=1S/C19H14F6N2O2S/c1-2-30-13-7-8-27-14(9-13)26-16(19(23,24)25)15(17(27)28)11-3-5-12(6-4-11)29-10-18(20,21)22/h3-9H,2,10H2,1H3. The van der Waals surface area contributed by atoms with Crippen molar-refractivity contribution in [2.45, 2.75) is 24.2 Å². The summed E-state index contributed by atoms with van der Waals surface area (Å²) in [5.74, 6) is 0.493. The van der Waals surface area contributed by atoms with Crippen molar-refractivity contribution in [1.29, 1.82) is 0 Å². The number of rotatable bonds is 5. The molecule has 4 nitrogen and oxygen atoms in total. The number of thioether (sulfide) groups is 1. The van der Waals surface area contributed by atoms with Crippen molar-refractivity contribution < 1.29 is 31.1 Å². The summed E-state index contributed by atoms with van der Waals surface area (Å²) < 4.78 is 83.2. The molecule has 0 atom stereocenters. The number of halogens is 6. The summed E-state index contributed by atoms with van der Waals surface area (Å²) in [5, 5.41) is 0. The highest BCUT2D eigenvalue weighted by Gasteiger charge is 2.38. The van der Waals surface area contributed by atoms with E-state index in [1.807, 2.05) is 6.92 Å². The maximum absolute atomic E-state index is 13.7. The molecule has 0 saturated heterocycles. The Bertz CT molecular complexity index is 1110. The Hall–Kier alpha value is -2.69. The van der Waals surface area contributed by atoms with Gasteiger partial charge in [-0.1, -0.05) is 19.1 Å². The molecule has 1 aromatic carbocycles. The van der Waals surface area contributed by atoms with Gasteiger partial charge in [-0.2, -0.15) is 26.3 Å². The summed E-state index contributed by atoms with van der Waals surface area (Å²) in [5.41, 5.74) is -3.29. The maximum Gasteiger partial charge on any atom is 0.434 e. The lowest BCUT2D eigenvalue weighted by Crippen LogP contribution is -2.24. The van der Waals surface area contributed by atoms with E-state index < -0.39 is 35.8 Å². The third-order valence-electron chi connectivity index (χ3n) is 3.93. The Morgan fingerprint density at radius 2 is 1.73 bits per heavy atom. The first kappa shape index (κ1) is 22.0.